The van der Waals surface area contributed by atoms with Gasteiger partial charge < -0.3 is 20.1 Å². The third kappa shape index (κ3) is 6.14. The van der Waals surface area contributed by atoms with Crippen molar-refractivity contribution in [2.45, 2.75) is 31.9 Å². The minimum absolute atomic E-state index is 0.169. The molecule has 0 aromatic heterocycles. The first-order chi connectivity index (χ1) is 9.85. The van der Waals surface area contributed by atoms with E-state index in [2.05, 4.69) is 5.32 Å². The quantitative estimate of drug-likeness (QED) is 0.810. The number of ether oxygens (including phenoxy) is 1. The molecule has 0 saturated carbocycles. The summed E-state index contributed by atoms with van der Waals surface area (Å²) in [6, 6.07) is 9.29. The summed E-state index contributed by atoms with van der Waals surface area (Å²) in [4.78, 5) is 13.6. The number of aliphatic hydroxyl groups excluding tert-OH is 1. The molecule has 0 saturated heterocycles. The highest BCUT2D eigenvalue weighted by molar-refractivity contribution is 5.74. The summed E-state index contributed by atoms with van der Waals surface area (Å²) in [5.74, 6) is 0. The van der Waals surface area contributed by atoms with Gasteiger partial charge >= 0.3 is 6.03 Å². The van der Waals surface area contributed by atoms with Crippen molar-refractivity contribution in [3.05, 3.63) is 35.9 Å². The van der Waals surface area contributed by atoms with Crippen molar-refractivity contribution in [2.24, 2.45) is 0 Å². The second kappa shape index (κ2) is 8.00. The molecule has 118 valence electrons. The smallest absolute Gasteiger partial charge is 0.317 e. The number of benzene rings is 1. The Balaban J connectivity index is 2.43. The number of aliphatic hydroxyl groups is 1. The first kappa shape index (κ1) is 17.5. The van der Waals surface area contributed by atoms with Crippen molar-refractivity contribution < 1.29 is 14.6 Å². The lowest BCUT2D eigenvalue weighted by Crippen LogP contribution is -2.51. The Hall–Kier alpha value is -1.59. The molecule has 0 radical (unpaired) electrons. The van der Waals surface area contributed by atoms with Crippen LogP contribution in [-0.2, 0) is 4.74 Å². The average molecular weight is 294 g/mol. The van der Waals surface area contributed by atoms with Crippen LogP contribution in [0.4, 0.5) is 4.79 Å². The van der Waals surface area contributed by atoms with Gasteiger partial charge in [0.2, 0.25) is 0 Å². The van der Waals surface area contributed by atoms with Gasteiger partial charge in [0.05, 0.1) is 18.2 Å². The lowest BCUT2D eigenvalue weighted by Gasteiger charge is -2.29. The highest BCUT2D eigenvalue weighted by Gasteiger charge is 2.22. The second-order valence-corrected chi connectivity index (χ2v) is 5.88. The molecule has 0 bridgehead atoms. The van der Waals surface area contributed by atoms with Crippen molar-refractivity contribution in [3.8, 4) is 0 Å². The van der Waals surface area contributed by atoms with E-state index in [0.29, 0.717) is 19.6 Å². The maximum Gasteiger partial charge on any atom is 0.317 e. The molecule has 21 heavy (non-hydrogen) atoms. The van der Waals surface area contributed by atoms with Crippen LogP contribution < -0.4 is 5.32 Å². The zero-order valence-corrected chi connectivity index (χ0v) is 13.3. The topological polar surface area (TPSA) is 61.8 Å². The third-order valence-electron chi connectivity index (χ3n) is 3.22. The fraction of sp³-hybridized carbons (Fsp3) is 0.562. The van der Waals surface area contributed by atoms with Gasteiger partial charge in [-0.15, -0.1) is 0 Å². The zero-order chi connectivity index (χ0) is 15.9. The van der Waals surface area contributed by atoms with Gasteiger partial charge in [-0.1, -0.05) is 30.3 Å². The third-order valence-corrected chi connectivity index (χ3v) is 3.22. The monoisotopic (exact) mass is 294 g/mol. The van der Waals surface area contributed by atoms with Crippen LogP contribution in [0.15, 0.2) is 30.3 Å². The van der Waals surface area contributed by atoms with Gasteiger partial charge in [0, 0.05) is 20.7 Å². The molecule has 1 atom stereocenters. The molecule has 0 aliphatic heterocycles. The maximum atomic E-state index is 12.1. The number of carbonyl (C=O) groups excluding carboxylic acids is 1. The Morgan fingerprint density at radius 2 is 2.00 bits per heavy atom. The Kier molecular flexibility index (Phi) is 6.65. The first-order valence-corrected chi connectivity index (χ1v) is 7.11. The van der Waals surface area contributed by atoms with Crippen molar-refractivity contribution in [2.75, 3.05) is 27.3 Å². The van der Waals surface area contributed by atoms with Crippen molar-refractivity contribution in [1.82, 2.24) is 10.2 Å². The number of methoxy groups -OCH3 is 1. The summed E-state index contributed by atoms with van der Waals surface area (Å²) in [5, 5.41) is 13.0. The Labute approximate surface area is 126 Å². The number of amides is 2. The fourth-order valence-electron chi connectivity index (χ4n) is 2.04. The number of hydrogen-bond donors (Lipinski definition) is 2. The van der Waals surface area contributed by atoms with Gasteiger partial charge in [-0.25, -0.2) is 4.79 Å². The van der Waals surface area contributed by atoms with E-state index in [1.54, 1.807) is 19.1 Å². The Morgan fingerprint density at radius 3 is 2.57 bits per heavy atom. The van der Waals surface area contributed by atoms with Gasteiger partial charge in [0.25, 0.3) is 0 Å². The summed E-state index contributed by atoms with van der Waals surface area (Å²) < 4.78 is 5.07. The molecular weight excluding hydrogens is 268 g/mol. The van der Waals surface area contributed by atoms with Gasteiger partial charge in [-0.05, 0) is 25.8 Å². The Bertz CT molecular complexity index is 434. The molecule has 1 aromatic rings. The largest absolute Gasteiger partial charge is 0.388 e. The van der Waals surface area contributed by atoms with Crippen LogP contribution in [0.5, 0.6) is 0 Å². The van der Waals surface area contributed by atoms with E-state index in [4.69, 9.17) is 4.74 Å². The Morgan fingerprint density at radius 1 is 1.38 bits per heavy atom. The van der Waals surface area contributed by atoms with E-state index in [1.165, 1.54) is 0 Å². The lowest BCUT2D eigenvalue weighted by molar-refractivity contribution is 0.120. The summed E-state index contributed by atoms with van der Waals surface area (Å²) in [6.07, 6.45) is -0.0630. The van der Waals surface area contributed by atoms with Crippen LogP contribution in [-0.4, -0.2) is 48.9 Å². The highest BCUT2D eigenvalue weighted by atomic mass is 16.5. The van der Waals surface area contributed by atoms with Crippen LogP contribution in [0.2, 0.25) is 0 Å². The molecule has 0 fully saturated rings. The van der Waals surface area contributed by atoms with E-state index in [-0.39, 0.29) is 6.03 Å². The number of hydrogen-bond acceptors (Lipinski definition) is 3. The number of rotatable bonds is 7. The summed E-state index contributed by atoms with van der Waals surface area (Å²) in [6.45, 7) is 4.73. The average Bonchev–Trinajstić information content (AvgIpc) is 2.44. The predicted octanol–water partition coefficient (Wildman–Crippen LogP) is 2.18. The summed E-state index contributed by atoms with van der Waals surface area (Å²) in [5.41, 5.74) is 0.448. The number of urea groups is 1. The zero-order valence-electron chi connectivity index (χ0n) is 13.3. The van der Waals surface area contributed by atoms with E-state index in [9.17, 15) is 9.90 Å². The molecular formula is C16H26N2O3. The molecule has 1 rings (SSSR count). The molecule has 0 aliphatic carbocycles. The van der Waals surface area contributed by atoms with Gasteiger partial charge in [0.15, 0.2) is 0 Å². The van der Waals surface area contributed by atoms with Crippen molar-refractivity contribution in [3.63, 3.8) is 0 Å². The molecule has 5 nitrogen and oxygen atoms in total. The number of nitrogens with one attached hydrogen (secondary N) is 1. The molecule has 1 aromatic carbocycles. The highest BCUT2D eigenvalue weighted by Crippen LogP contribution is 2.16. The van der Waals surface area contributed by atoms with Crippen LogP contribution in [0.3, 0.4) is 0 Å². The minimum Gasteiger partial charge on any atom is -0.388 e. The first-order valence-electron chi connectivity index (χ1n) is 7.11. The minimum atomic E-state index is -0.562. The maximum absolute atomic E-state index is 12.1. The number of nitrogens with zero attached hydrogens (tertiary/aromatic N) is 1. The van der Waals surface area contributed by atoms with Crippen LogP contribution in [0.25, 0.3) is 0 Å². The van der Waals surface area contributed by atoms with E-state index in [1.807, 2.05) is 44.2 Å². The van der Waals surface area contributed by atoms with Crippen LogP contribution in [0, 0.1) is 0 Å². The molecule has 2 amide bonds. The van der Waals surface area contributed by atoms with E-state index in [0.717, 1.165) is 5.56 Å². The lowest BCUT2D eigenvalue weighted by atomic mass is 10.1. The van der Waals surface area contributed by atoms with Crippen LogP contribution in [0.1, 0.15) is 31.9 Å². The molecule has 0 spiro atoms. The van der Waals surface area contributed by atoms with E-state index >= 15 is 0 Å². The molecule has 5 heteroatoms. The van der Waals surface area contributed by atoms with Gasteiger partial charge in [-0.3, -0.25) is 0 Å². The van der Waals surface area contributed by atoms with Crippen molar-refractivity contribution in [1.29, 1.82) is 0 Å². The van der Waals surface area contributed by atoms with Gasteiger partial charge in [0.1, 0.15) is 0 Å². The van der Waals surface area contributed by atoms with Gasteiger partial charge in [-0.2, -0.15) is 0 Å². The van der Waals surface area contributed by atoms with Crippen molar-refractivity contribution >= 4 is 6.03 Å². The van der Waals surface area contributed by atoms with E-state index < -0.39 is 11.6 Å². The van der Waals surface area contributed by atoms with Crippen LogP contribution >= 0.6 is 0 Å². The number of carbonyl (C=O) groups is 1. The predicted molar refractivity (Wildman–Crippen MR) is 83.1 cm³/mol. The summed E-state index contributed by atoms with van der Waals surface area (Å²) >= 11 is 0. The molecule has 2 N–H and O–H groups in total. The standard InChI is InChI=1S/C16H26N2O3/c1-16(2,12-21-4)17-15(20)18(3)11-10-14(19)13-8-6-5-7-9-13/h5-9,14,19H,10-12H2,1-4H3,(H,17,20)/t14-/m0/s1. The molecule has 0 heterocycles. The summed E-state index contributed by atoms with van der Waals surface area (Å²) in [7, 11) is 3.32. The molecule has 0 aliphatic rings. The molecule has 0 unspecified atom stereocenters. The second-order valence-electron chi connectivity index (χ2n) is 5.88. The SMILES string of the molecule is COCC(C)(C)NC(=O)N(C)CC[C@H](O)c1ccccc1. The fourth-order valence-corrected chi connectivity index (χ4v) is 2.04. The normalized spacial score (nSPS) is 12.8.